The number of hydrogen-bond acceptors (Lipinski definition) is 5. The Kier molecular flexibility index (Phi) is 7.04. The van der Waals surface area contributed by atoms with Gasteiger partial charge < -0.3 is 24.5 Å². The maximum Gasteiger partial charge on any atom is 0.490 e. The van der Waals surface area contributed by atoms with Gasteiger partial charge in [0.25, 0.3) is 0 Å². The summed E-state index contributed by atoms with van der Waals surface area (Å²) in [7, 11) is -16.2. The molecule has 10 nitrogen and oxygen atoms in total. The summed E-state index contributed by atoms with van der Waals surface area (Å²) in [4.78, 5) is 40.2. The molecule has 0 aliphatic heterocycles. The summed E-state index contributed by atoms with van der Waals surface area (Å²) in [5.41, 5.74) is 0. The van der Waals surface area contributed by atoms with Crippen molar-refractivity contribution < 1.29 is 73.0 Å². The molecule has 0 aliphatic carbocycles. The van der Waals surface area contributed by atoms with Crippen LogP contribution in [0.4, 0.5) is 0 Å². The van der Waals surface area contributed by atoms with Crippen LogP contribution in [0.3, 0.4) is 0 Å². The first kappa shape index (κ1) is 17.7. The van der Waals surface area contributed by atoms with Crippen molar-refractivity contribution >= 4 is 23.5 Å². The van der Waals surface area contributed by atoms with E-state index in [9.17, 15) is 13.7 Å². The first-order valence-electron chi connectivity index (χ1n) is 2.28. The Balaban J connectivity index is 0. The average molecular weight is 349 g/mol. The van der Waals surface area contributed by atoms with Gasteiger partial charge in [-0.3, -0.25) is 0 Å². The second-order valence-corrected chi connectivity index (χ2v) is 5.82. The van der Waals surface area contributed by atoms with Crippen LogP contribution in [0.15, 0.2) is 0 Å². The summed E-state index contributed by atoms with van der Waals surface area (Å²) in [6.45, 7) is 0. The molecule has 0 atom stereocenters. The van der Waals surface area contributed by atoms with E-state index >= 15 is 0 Å². The molecule has 0 aromatic rings. The summed E-state index contributed by atoms with van der Waals surface area (Å²) in [6, 6.07) is 0. The minimum atomic E-state index is -5.46. The van der Waals surface area contributed by atoms with E-state index in [1.807, 2.05) is 0 Å². The van der Waals surface area contributed by atoms with Gasteiger partial charge in [-0.15, -0.1) is 0 Å². The predicted octanol–water partition coefficient (Wildman–Crippen LogP) is -0.697. The Labute approximate surface area is 96.5 Å². The molecule has 0 saturated heterocycles. The second-order valence-electron chi connectivity index (χ2n) is 1.61. The molecule has 0 aliphatic rings. The molecule has 0 rings (SSSR count). The summed E-state index contributed by atoms with van der Waals surface area (Å²) in [5, 5.41) is 0. The molecule has 14 heavy (non-hydrogen) atoms. The molecule has 0 radical (unpaired) electrons. The monoisotopic (exact) mass is 348 g/mol. The number of phosphoric acid groups is 3. The van der Waals surface area contributed by atoms with E-state index in [1.165, 1.54) is 0 Å². The molecule has 5 N–H and O–H groups in total. The zero-order chi connectivity index (χ0) is 10.9. The first-order valence-corrected chi connectivity index (χ1v) is 6.83. The number of rotatable bonds is 4. The molecule has 0 bridgehead atoms. The van der Waals surface area contributed by atoms with E-state index in [-0.39, 0.29) is 26.2 Å². The summed E-state index contributed by atoms with van der Waals surface area (Å²) >= 11 is 0. The van der Waals surface area contributed by atoms with Crippen LogP contribution >= 0.6 is 23.5 Å². The second kappa shape index (κ2) is 5.57. The van der Waals surface area contributed by atoms with Gasteiger partial charge >= 0.3 is 23.5 Å². The molecule has 14 heteroatoms. The molecule has 0 fully saturated rings. The van der Waals surface area contributed by atoms with Crippen LogP contribution in [-0.4, -0.2) is 24.5 Å². The Morgan fingerprint density at radius 2 is 0.929 bits per heavy atom. The quantitative estimate of drug-likeness (QED) is 0.409. The van der Waals surface area contributed by atoms with Crippen molar-refractivity contribution in [3.8, 4) is 0 Å². The zero-order valence-corrected chi connectivity index (χ0v) is 11.3. The minimum absolute atomic E-state index is 0. The SMILES string of the molecule is O=P(O)(O)OP(=O)(O)OP(=O)(O)O.[Zr]. The third kappa shape index (κ3) is 11.4. The molecule has 0 aromatic carbocycles. The van der Waals surface area contributed by atoms with E-state index < -0.39 is 23.5 Å². The van der Waals surface area contributed by atoms with E-state index in [0.717, 1.165) is 0 Å². The normalized spacial score (nSPS) is 13.5. The molecule has 0 spiro atoms. The third-order valence-corrected chi connectivity index (χ3v) is 3.77. The van der Waals surface area contributed by atoms with Crippen LogP contribution in [0.25, 0.3) is 0 Å². The van der Waals surface area contributed by atoms with Crippen molar-refractivity contribution in [1.29, 1.82) is 0 Å². The van der Waals surface area contributed by atoms with Crippen LogP contribution in [0.1, 0.15) is 0 Å². The van der Waals surface area contributed by atoms with Crippen molar-refractivity contribution in [3.63, 3.8) is 0 Å². The fourth-order valence-electron chi connectivity index (χ4n) is 0.284. The van der Waals surface area contributed by atoms with Gasteiger partial charge in [-0.05, 0) is 0 Å². The van der Waals surface area contributed by atoms with Crippen LogP contribution in [0.2, 0.25) is 0 Å². The predicted molar refractivity (Wildman–Crippen MR) is 36.1 cm³/mol. The molecule has 0 saturated carbocycles. The van der Waals surface area contributed by atoms with Gasteiger partial charge in [0.2, 0.25) is 0 Å². The molecule has 0 unspecified atom stereocenters. The van der Waals surface area contributed by atoms with Gasteiger partial charge in [-0.25, -0.2) is 13.7 Å². The van der Waals surface area contributed by atoms with Gasteiger partial charge in [-0.2, -0.15) is 8.62 Å². The van der Waals surface area contributed by atoms with Crippen LogP contribution in [0.5, 0.6) is 0 Å². The summed E-state index contributed by atoms with van der Waals surface area (Å²) in [6.07, 6.45) is 0. The summed E-state index contributed by atoms with van der Waals surface area (Å²) < 4.78 is 36.4. The van der Waals surface area contributed by atoms with E-state index in [1.54, 1.807) is 0 Å². The molecule has 84 valence electrons. The van der Waals surface area contributed by atoms with Crippen molar-refractivity contribution in [2.75, 3.05) is 0 Å². The molecule has 0 aromatic heterocycles. The smallest absolute Gasteiger partial charge is 0.302 e. The van der Waals surface area contributed by atoms with E-state index in [4.69, 9.17) is 24.5 Å². The third-order valence-electron chi connectivity index (χ3n) is 0.419. The van der Waals surface area contributed by atoms with Crippen LogP contribution < -0.4 is 0 Å². The van der Waals surface area contributed by atoms with Crippen LogP contribution in [0, 0.1) is 0 Å². The molecular weight excluding hydrogens is 344 g/mol. The van der Waals surface area contributed by atoms with Gasteiger partial charge in [0.15, 0.2) is 0 Å². The molecular formula is H5O10P3Zr. The minimum Gasteiger partial charge on any atom is -0.302 e. The van der Waals surface area contributed by atoms with E-state index in [2.05, 4.69) is 8.62 Å². The Hall–Kier alpha value is 1.29. The maximum absolute atomic E-state index is 10.4. The Morgan fingerprint density at radius 3 is 1.07 bits per heavy atom. The van der Waals surface area contributed by atoms with E-state index in [0.29, 0.717) is 0 Å². The largest absolute Gasteiger partial charge is 0.490 e. The topological polar surface area (TPSA) is 171 Å². The van der Waals surface area contributed by atoms with Crippen molar-refractivity contribution in [2.24, 2.45) is 0 Å². The molecule has 0 heterocycles. The van der Waals surface area contributed by atoms with Crippen molar-refractivity contribution in [3.05, 3.63) is 0 Å². The summed E-state index contributed by atoms with van der Waals surface area (Å²) in [5.74, 6) is 0. The van der Waals surface area contributed by atoms with Crippen molar-refractivity contribution in [1.82, 2.24) is 0 Å². The Morgan fingerprint density at radius 1 is 0.714 bits per heavy atom. The fraction of sp³-hybridized carbons (Fsp3) is 0. The zero-order valence-electron chi connectivity index (χ0n) is 6.12. The Bertz CT molecular complexity index is 277. The van der Waals surface area contributed by atoms with Gasteiger partial charge in [0.1, 0.15) is 0 Å². The average Bonchev–Trinajstić information content (AvgIpc) is 1.43. The number of hydrogen-bond donors (Lipinski definition) is 5. The van der Waals surface area contributed by atoms with Gasteiger partial charge in [0.05, 0.1) is 0 Å². The molecule has 0 amide bonds. The van der Waals surface area contributed by atoms with Crippen LogP contribution in [-0.2, 0) is 48.5 Å². The first-order chi connectivity index (χ1) is 5.41. The van der Waals surface area contributed by atoms with Gasteiger partial charge in [-0.1, -0.05) is 0 Å². The van der Waals surface area contributed by atoms with Crippen molar-refractivity contribution in [2.45, 2.75) is 0 Å². The standard InChI is InChI=1S/H5O10P3.Zr/c1-11(2,3)9-13(7,8)10-12(4,5)6;/h(H,7,8)(H2,1,2,3)(H2,4,5,6);. The maximum atomic E-state index is 10.4. The van der Waals surface area contributed by atoms with Gasteiger partial charge in [0, 0.05) is 26.2 Å². The fourth-order valence-corrected chi connectivity index (χ4v) is 2.82.